The third kappa shape index (κ3) is 4.85. The summed E-state index contributed by atoms with van der Waals surface area (Å²) in [7, 11) is 1.60. The lowest BCUT2D eigenvalue weighted by Gasteiger charge is -2.09. The fourth-order valence-electron chi connectivity index (χ4n) is 3.24. The number of carbonyl (C=O) groups excluding carboxylic acids is 1. The van der Waals surface area contributed by atoms with Crippen LogP contribution in [-0.2, 0) is 0 Å². The van der Waals surface area contributed by atoms with Gasteiger partial charge in [0.2, 0.25) is 0 Å². The summed E-state index contributed by atoms with van der Waals surface area (Å²) in [5, 5.41) is 18.2. The Morgan fingerprint density at radius 1 is 1.09 bits per heavy atom. The molecule has 10 nitrogen and oxygen atoms in total. The molecule has 3 aromatic carbocycles. The minimum absolute atomic E-state index is 0.148. The Labute approximate surface area is 194 Å². The Morgan fingerprint density at radius 2 is 1.82 bits per heavy atom. The van der Waals surface area contributed by atoms with E-state index >= 15 is 0 Å². The van der Waals surface area contributed by atoms with Gasteiger partial charge >= 0.3 is 6.01 Å². The smallest absolute Gasteiger partial charge is 0.336 e. The summed E-state index contributed by atoms with van der Waals surface area (Å²) in [5.74, 6) is 0.859. The van der Waals surface area contributed by atoms with Crippen LogP contribution >= 0.6 is 0 Å². The van der Waals surface area contributed by atoms with Gasteiger partial charge in [-0.25, -0.2) is 4.68 Å². The number of methoxy groups -OCH3 is 1. The van der Waals surface area contributed by atoms with Crippen molar-refractivity contribution in [1.29, 1.82) is 0 Å². The number of hydrogen-bond donors (Lipinski definition) is 1. The van der Waals surface area contributed by atoms with Gasteiger partial charge in [0.05, 0.1) is 24.3 Å². The van der Waals surface area contributed by atoms with E-state index in [9.17, 15) is 14.9 Å². The standard InChI is InChI=1S/C24H21N5O5/c1-3-34-24-26-22(16-7-13-21(33-2)14-8-16)28(27-24)19-11-9-18(10-12-19)25-23(30)17-5-4-6-20(15-17)29(31)32/h4-15H,3H2,1-2H3,(H,25,30). The molecule has 0 spiro atoms. The molecule has 4 aromatic rings. The first kappa shape index (κ1) is 22.5. The van der Waals surface area contributed by atoms with Gasteiger partial charge in [-0.2, -0.15) is 4.98 Å². The number of benzene rings is 3. The molecule has 0 unspecified atom stereocenters. The van der Waals surface area contributed by atoms with Crippen molar-refractivity contribution in [1.82, 2.24) is 14.8 Å². The van der Waals surface area contributed by atoms with Crippen molar-refractivity contribution in [3.63, 3.8) is 0 Å². The van der Waals surface area contributed by atoms with Crippen molar-refractivity contribution in [3.8, 4) is 28.8 Å². The second kappa shape index (κ2) is 9.82. The zero-order chi connectivity index (χ0) is 24.1. The number of amides is 1. The maximum atomic E-state index is 12.5. The molecule has 1 N–H and O–H groups in total. The first-order valence-corrected chi connectivity index (χ1v) is 10.4. The summed E-state index contributed by atoms with van der Waals surface area (Å²) >= 11 is 0. The summed E-state index contributed by atoms with van der Waals surface area (Å²) in [6.07, 6.45) is 0. The van der Waals surface area contributed by atoms with Crippen molar-refractivity contribution >= 4 is 17.3 Å². The van der Waals surface area contributed by atoms with E-state index < -0.39 is 10.8 Å². The van der Waals surface area contributed by atoms with Gasteiger partial charge in [0.15, 0.2) is 5.82 Å². The molecule has 10 heteroatoms. The van der Waals surface area contributed by atoms with E-state index in [0.717, 1.165) is 11.3 Å². The lowest BCUT2D eigenvalue weighted by atomic mass is 10.2. The van der Waals surface area contributed by atoms with Crippen LogP contribution < -0.4 is 14.8 Å². The van der Waals surface area contributed by atoms with E-state index in [0.29, 0.717) is 23.8 Å². The van der Waals surface area contributed by atoms with E-state index in [1.165, 1.54) is 24.3 Å². The van der Waals surface area contributed by atoms with Crippen LogP contribution in [-0.4, -0.2) is 39.3 Å². The van der Waals surface area contributed by atoms with Crippen molar-refractivity contribution in [3.05, 3.63) is 88.5 Å². The monoisotopic (exact) mass is 459 g/mol. The number of ether oxygens (including phenoxy) is 2. The average molecular weight is 459 g/mol. The fourth-order valence-corrected chi connectivity index (χ4v) is 3.24. The van der Waals surface area contributed by atoms with Crippen molar-refractivity contribution < 1.29 is 19.2 Å². The summed E-state index contributed by atoms with van der Waals surface area (Å²) in [6, 6.07) is 20.2. The minimum atomic E-state index is -0.541. The molecule has 0 radical (unpaired) electrons. The van der Waals surface area contributed by atoms with E-state index in [4.69, 9.17) is 9.47 Å². The van der Waals surface area contributed by atoms with Crippen LogP contribution in [0.25, 0.3) is 17.1 Å². The topological polar surface area (TPSA) is 121 Å². The number of carbonyl (C=O) groups is 1. The van der Waals surface area contributed by atoms with Gasteiger partial charge < -0.3 is 14.8 Å². The van der Waals surface area contributed by atoms with Gasteiger partial charge in [-0.1, -0.05) is 6.07 Å². The number of aromatic nitrogens is 3. The van der Waals surface area contributed by atoms with E-state index in [-0.39, 0.29) is 17.3 Å². The van der Waals surface area contributed by atoms with Crippen LogP contribution in [0.4, 0.5) is 11.4 Å². The number of rotatable bonds is 8. The highest BCUT2D eigenvalue weighted by molar-refractivity contribution is 6.04. The molecular formula is C24H21N5O5. The van der Waals surface area contributed by atoms with Crippen molar-refractivity contribution in [2.24, 2.45) is 0 Å². The second-order valence-electron chi connectivity index (χ2n) is 7.10. The van der Waals surface area contributed by atoms with Gasteiger partial charge in [-0.15, -0.1) is 5.10 Å². The molecule has 1 amide bonds. The lowest BCUT2D eigenvalue weighted by molar-refractivity contribution is -0.384. The van der Waals surface area contributed by atoms with Crippen molar-refractivity contribution in [2.75, 3.05) is 19.0 Å². The predicted octanol–water partition coefficient (Wildman–Crippen LogP) is 4.50. The number of nitro groups is 1. The molecule has 0 aliphatic carbocycles. The van der Waals surface area contributed by atoms with Gasteiger partial charge in [0.25, 0.3) is 11.6 Å². The fraction of sp³-hybridized carbons (Fsp3) is 0.125. The molecule has 0 fully saturated rings. The molecule has 0 aliphatic rings. The first-order valence-electron chi connectivity index (χ1n) is 10.4. The van der Waals surface area contributed by atoms with Gasteiger partial charge in [0.1, 0.15) is 5.75 Å². The van der Waals surface area contributed by atoms with E-state index in [1.54, 1.807) is 36.1 Å². The zero-order valence-corrected chi connectivity index (χ0v) is 18.5. The zero-order valence-electron chi connectivity index (χ0n) is 18.5. The van der Waals surface area contributed by atoms with Gasteiger partial charge in [0, 0.05) is 28.9 Å². The Morgan fingerprint density at radius 3 is 2.47 bits per heavy atom. The van der Waals surface area contributed by atoms with E-state index in [2.05, 4.69) is 15.4 Å². The largest absolute Gasteiger partial charge is 0.497 e. The van der Waals surface area contributed by atoms with Crippen LogP contribution in [0.3, 0.4) is 0 Å². The van der Waals surface area contributed by atoms with Gasteiger partial charge in [-0.3, -0.25) is 14.9 Å². The van der Waals surface area contributed by atoms with Crippen LogP contribution in [0.5, 0.6) is 11.8 Å². The van der Waals surface area contributed by atoms with Crippen LogP contribution in [0.15, 0.2) is 72.8 Å². The molecule has 0 saturated heterocycles. The van der Waals surface area contributed by atoms with E-state index in [1.807, 2.05) is 31.2 Å². The third-order valence-electron chi connectivity index (χ3n) is 4.90. The van der Waals surface area contributed by atoms with Crippen LogP contribution in [0.1, 0.15) is 17.3 Å². The number of non-ortho nitro benzene ring substituents is 1. The van der Waals surface area contributed by atoms with Crippen LogP contribution in [0.2, 0.25) is 0 Å². The number of anilines is 1. The average Bonchev–Trinajstić information content (AvgIpc) is 3.28. The number of nitrogens with one attached hydrogen (secondary N) is 1. The Balaban J connectivity index is 1.59. The molecule has 0 atom stereocenters. The molecule has 0 bridgehead atoms. The SMILES string of the molecule is CCOc1nc(-c2ccc(OC)cc2)n(-c2ccc(NC(=O)c3cccc([N+](=O)[O-])c3)cc2)n1. The summed E-state index contributed by atoms with van der Waals surface area (Å²) in [4.78, 5) is 27.4. The maximum Gasteiger partial charge on any atom is 0.336 e. The Kier molecular flexibility index (Phi) is 6.49. The van der Waals surface area contributed by atoms with Crippen LogP contribution in [0, 0.1) is 10.1 Å². The first-order chi connectivity index (χ1) is 16.5. The molecule has 0 aliphatic heterocycles. The predicted molar refractivity (Wildman–Crippen MR) is 126 cm³/mol. The molecule has 172 valence electrons. The molecule has 1 heterocycles. The molecule has 1 aromatic heterocycles. The Hall–Kier alpha value is -4.73. The normalized spacial score (nSPS) is 10.5. The summed E-state index contributed by atoms with van der Waals surface area (Å²) in [5.41, 5.74) is 2.10. The number of nitrogens with zero attached hydrogens (tertiary/aromatic N) is 4. The molecule has 0 saturated carbocycles. The maximum absolute atomic E-state index is 12.5. The Bertz CT molecular complexity index is 1320. The highest BCUT2D eigenvalue weighted by Crippen LogP contribution is 2.26. The van der Waals surface area contributed by atoms with Crippen molar-refractivity contribution in [2.45, 2.75) is 6.92 Å². The molecular weight excluding hydrogens is 438 g/mol. The number of hydrogen-bond acceptors (Lipinski definition) is 7. The number of nitro benzene ring substituents is 1. The summed E-state index contributed by atoms with van der Waals surface area (Å²) in [6.45, 7) is 2.28. The highest BCUT2D eigenvalue weighted by Gasteiger charge is 2.16. The molecule has 4 rings (SSSR count). The third-order valence-corrected chi connectivity index (χ3v) is 4.90. The summed E-state index contributed by atoms with van der Waals surface area (Å²) < 4.78 is 12.4. The minimum Gasteiger partial charge on any atom is -0.497 e. The quantitative estimate of drug-likeness (QED) is 0.304. The lowest BCUT2D eigenvalue weighted by Crippen LogP contribution is -2.12. The second-order valence-corrected chi connectivity index (χ2v) is 7.10. The molecule has 34 heavy (non-hydrogen) atoms. The van der Waals surface area contributed by atoms with Gasteiger partial charge in [-0.05, 0) is 61.5 Å². The highest BCUT2D eigenvalue weighted by atomic mass is 16.6.